The normalized spacial score (nSPS) is 14.5. The molecule has 3 rings (SSSR count). The first-order valence-corrected chi connectivity index (χ1v) is 10.8. The first-order valence-electron chi connectivity index (χ1n) is 10.8. The van der Waals surface area contributed by atoms with Crippen molar-refractivity contribution in [1.29, 1.82) is 0 Å². The predicted molar refractivity (Wildman–Crippen MR) is 122 cm³/mol. The third kappa shape index (κ3) is 6.59. The fraction of sp³-hybridized carbons (Fsp3) is 0.417. The molecule has 1 aliphatic rings. The number of rotatable bonds is 8. The maximum atomic E-state index is 11.8. The first-order chi connectivity index (χ1) is 14.7. The zero-order chi connectivity index (χ0) is 21.2. The quantitative estimate of drug-likeness (QED) is 0.465. The van der Waals surface area contributed by atoms with Gasteiger partial charge in [-0.2, -0.15) is 0 Å². The number of benzene rings is 2. The summed E-state index contributed by atoms with van der Waals surface area (Å²) in [5, 5.41) is 9.49. The van der Waals surface area contributed by atoms with Gasteiger partial charge in [-0.1, -0.05) is 36.4 Å². The van der Waals surface area contributed by atoms with E-state index in [-0.39, 0.29) is 5.91 Å². The Kier molecular flexibility index (Phi) is 8.27. The minimum atomic E-state index is -0.0408. The van der Waals surface area contributed by atoms with Crippen molar-refractivity contribution in [2.75, 3.05) is 26.7 Å². The summed E-state index contributed by atoms with van der Waals surface area (Å²) in [4.78, 5) is 18.7. The number of guanidine groups is 1. The summed E-state index contributed by atoms with van der Waals surface area (Å²) < 4.78 is 0. The van der Waals surface area contributed by atoms with Gasteiger partial charge in [0.15, 0.2) is 5.96 Å². The Balaban J connectivity index is 1.43. The molecule has 1 heterocycles. The van der Waals surface area contributed by atoms with Gasteiger partial charge in [-0.3, -0.25) is 14.7 Å². The second-order valence-corrected chi connectivity index (χ2v) is 7.64. The van der Waals surface area contributed by atoms with Crippen LogP contribution < -0.4 is 16.0 Å². The topological polar surface area (TPSA) is 68.8 Å². The van der Waals surface area contributed by atoms with E-state index in [1.54, 1.807) is 7.05 Å². The van der Waals surface area contributed by atoms with E-state index in [4.69, 9.17) is 0 Å². The molecule has 160 valence electrons. The molecule has 0 unspecified atom stereocenters. The average molecular weight is 408 g/mol. The van der Waals surface area contributed by atoms with Crippen LogP contribution in [0.25, 0.3) is 0 Å². The van der Waals surface area contributed by atoms with Gasteiger partial charge >= 0.3 is 0 Å². The second-order valence-electron chi connectivity index (χ2n) is 7.64. The van der Waals surface area contributed by atoms with Crippen molar-refractivity contribution < 1.29 is 4.79 Å². The highest BCUT2D eigenvalue weighted by Gasteiger charge is 2.11. The van der Waals surface area contributed by atoms with E-state index >= 15 is 0 Å². The highest BCUT2D eigenvalue weighted by atomic mass is 16.1. The molecule has 2 aromatic carbocycles. The van der Waals surface area contributed by atoms with Gasteiger partial charge in [0.25, 0.3) is 5.91 Å². The molecule has 0 aliphatic carbocycles. The largest absolute Gasteiger partial charge is 0.352 e. The summed E-state index contributed by atoms with van der Waals surface area (Å²) >= 11 is 0. The van der Waals surface area contributed by atoms with Crippen LogP contribution >= 0.6 is 0 Å². The summed E-state index contributed by atoms with van der Waals surface area (Å²) in [6, 6.07) is 16.4. The van der Waals surface area contributed by atoms with E-state index in [1.807, 2.05) is 31.2 Å². The lowest BCUT2D eigenvalue weighted by Gasteiger charge is -2.15. The Bertz CT molecular complexity index is 824. The maximum absolute atomic E-state index is 11.8. The van der Waals surface area contributed by atoms with Gasteiger partial charge < -0.3 is 16.0 Å². The SMILES string of the molecule is CCNC(=O)c1ccc(CNC(=NC)NCc2ccc(CN3CCCC3)cc2)cc1. The third-order valence-electron chi connectivity index (χ3n) is 5.32. The van der Waals surface area contributed by atoms with Gasteiger partial charge in [0, 0.05) is 38.8 Å². The number of aliphatic imine (C=N–C) groups is 1. The maximum Gasteiger partial charge on any atom is 0.251 e. The van der Waals surface area contributed by atoms with Crippen LogP contribution in [0.4, 0.5) is 0 Å². The van der Waals surface area contributed by atoms with Crippen molar-refractivity contribution in [3.63, 3.8) is 0 Å². The summed E-state index contributed by atoms with van der Waals surface area (Å²) in [5.41, 5.74) is 4.38. The number of likely N-dealkylation sites (tertiary alicyclic amines) is 1. The summed E-state index contributed by atoms with van der Waals surface area (Å²) in [7, 11) is 1.77. The molecule has 0 bridgehead atoms. The van der Waals surface area contributed by atoms with E-state index < -0.39 is 0 Å². The van der Waals surface area contributed by atoms with Gasteiger partial charge in [-0.15, -0.1) is 0 Å². The first kappa shape index (κ1) is 21.8. The lowest BCUT2D eigenvalue weighted by Crippen LogP contribution is -2.36. The highest BCUT2D eigenvalue weighted by Crippen LogP contribution is 2.13. The number of hydrogen-bond donors (Lipinski definition) is 3. The van der Waals surface area contributed by atoms with Gasteiger partial charge in [0.05, 0.1) is 0 Å². The van der Waals surface area contributed by atoms with Crippen molar-refractivity contribution >= 4 is 11.9 Å². The molecule has 0 aromatic heterocycles. The van der Waals surface area contributed by atoms with Gasteiger partial charge in [-0.05, 0) is 61.7 Å². The number of carbonyl (C=O) groups excluding carboxylic acids is 1. The van der Waals surface area contributed by atoms with Gasteiger partial charge in [0.2, 0.25) is 0 Å². The summed E-state index contributed by atoms with van der Waals surface area (Å²) in [6.45, 7) is 7.41. The highest BCUT2D eigenvalue weighted by molar-refractivity contribution is 5.94. The van der Waals surface area contributed by atoms with Gasteiger partial charge in [-0.25, -0.2) is 0 Å². The van der Waals surface area contributed by atoms with E-state index in [0.717, 1.165) is 24.6 Å². The molecule has 6 heteroatoms. The number of nitrogens with one attached hydrogen (secondary N) is 3. The minimum Gasteiger partial charge on any atom is -0.352 e. The Labute approximate surface area is 179 Å². The van der Waals surface area contributed by atoms with E-state index in [0.29, 0.717) is 18.7 Å². The standard InChI is InChI=1S/C24H33N5O/c1-3-26-23(30)22-12-10-20(11-13-22)17-28-24(25-2)27-16-19-6-8-21(9-7-19)18-29-14-4-5-15-29/h6-13H,3-5,14-18H2,1-2H3,(H,26,30)(H2,25,27,28). The van der Waals surface area contributed by atoms with Crippen LogP contribution in [0.1, 0.15) is 46.8 Å². The fourth-order valence-corrected chi connectivity index (χ4v) is 3.59. The Morgan fingerprint density at radius 2 is 1.40 bits per heavy atom. The molecule has 1 saturated heterocycles. The zero-order valence-corrected chi connectivity index (χ0v) is 18.1. The van der Waals surface area contributed by atoms with Crippen LogP contribution in [0.5, 0.6) is 0 Å². The molecule has 1 amide bonds. The monoisotopic (exact) mass is 407 g/mol. The van der Waals surface area contributed by atoms with Crippen LogP contribution in [0.2, 0.25) is 0 Å². The van der Waals surface area contributed by atoms with Gasteiger partial charge in [0.1, 0.15) is 0 Å². The molecule has 1 fully saturated rings. The third-order valence-corrected chi connectivity index (χ3v) is 5.32. The lowest BCUT2D eigenvalue weighted by molar-refractivity contribution is 0.0956. The number of amides is 1. The van der Waals surface area contributed by atoms with Crippen LogP contribution in [0.15, 0.2) is 53.5 Å². The molecule has 0 atom stereocenters. The Hall–Kier alpha value is -2.86. The molecule has 2 aromatic rings. The second kappa shape index (κ2) is 11.4. The molecule has 6 nitrogen and oxygen atoms in total. The molecule has 30 heavy (non-hydrogen) atoms. The van der Waals surface area contributed by atoms with E-state index in [9.17, 15) is 4.79 Å². The van der Waals surface area contributed by atoms with Crippen molar-refractivity contribution in [3.05, 3.63) is 70.8 Å². The molecule has 3 N–H and O–H groups in total. The summed E-state index contributed by atoms with van der Waals surface area (Å²) in [5.74, 6) is 0.713. The number of hydrogen-bond acceptors (Lipinski definition) is 3. The summed E-state index contributed by atoms with van der Waals surface area (Å²) in [6.07, 6.45) is 2.65. The van der Waals surface area contributed by atoms with E-state index in [2.05, 4.69) is 50.1 Å². The van der Waals surface area contributed by atoms with Crippen LogP contribution in [0, 0.1) is 0 Å². The zero-order valence-electron chi connectivity index (χ0n) is 18.1. The van der Waals surface area contributed by atoms with Crippen LogP contribution in [0.3, 0.4) is 0 Å². The fourth-order valence-electron chi connectivity index (χ4n) is 3.59. The molecule has 0 saturated carbocycles. The van der Waals surface area contributed by atoms with Crippen molar-refractivity contribution in [2.24, 2.45) is 4.99 Å². The molecular weight excluding hydrogens is 374 g/mol. The number of carbonyl (C=O) groups is 1. The Morgan fingerprint density at radius 1 is 0.867 bits per heavy atom. The average Bonchev–Trinajstić information content (AvgIpc) is 3.28. The smallest absolute Gasteiger partial charge is 0.251 e. The van der Waals surface area contributed by atoms with Crippen LogP contribution in [-0.4, -0.2) is 43.4 Å². The molecule has 0 radical (unpaired) electrons. The number of nitrogens with zero attached hydrogens (tertiary/aromatic N) is 2. The van der Waals surface area contributed by atoms with Crippen LogP contribution in [-0.2, 0) is 19.6 Å². The molecule has 1 aliphatic heterocycles. The minimum absolute atomic E-state index is 0.0408. The lowest BCUT2D eigenvalue weighted by atomic mass is 10.1. The Morgan fingerprint density at radius 3 is 1.93 bits per heavy atom. The van der Waals surface area contributed by atoms with Crippen molar-refractivity contribution in [2.45, 2.75) is 39.4 Å². The van der Waals surface area contributed by atoms with Crippen molar-refractivity contribution in [3.8, 4) is 0 Å². The molecular formula is C24H33N5O. The van der Waals surface area contributed by atoms with E-state index in [1.165, 1.54) is 37.1 Å². The predicted octanol–water partition coefficient (Wildman–Crippen LogP) is 2.90. The molecule has 0 spiro atoms. The van der Waals surface area contributed by atoms with Crippen molar-refractivity contribution in [1.82, 2.24) is 20.9 Å².